The summed E-state index contributed by atoms with van der Waals surface area (Å²) < 4.78 is 7.17. The number of aromatic nitrogens is 1. The molecule has 122 valence electrons. The third kappa shape index (κ3) is 4.15. The van der Waals surface area contributed by atoms with E-state index in [0.29, 0.717) is 22.0 Å². The lowest BCUT2D eigenvalue weighted by atomic mass is 10.1. The average molecular weight is 341 g/mol. The smallest absolute Gasteiger partial charge is 0.185 e. The van der Waals surface area contributed by atoms with E-state index in [9.17, 15) is 4.79 Å². The Bertz CT molecular complexity index is 839. The Kier molecular flexibility index (Phi) is 5.62. The van der Waals surface area contributed by atoms with Gasteiger partial charge in [-0.2, -0.15) is 5.26 Å². The summed E-state index contributed by atoms with van der Waals surface area (Å²) in [6, 6.07) is 10.7. The first kappa shape index (κ1) is 17.6. The van der Waals surface area contributed by atoms with Crippen molar-refractivity contribution in [3.05, 3.63) is 70.5 Å². The Morgan fingerprint density at radius 1 is 1.42 bits per heavy atom. The fourth-order valence-corrected chi connectivity index (χ4v) is 2.19. The number of ether oxygens (including phenoxy) is 1. The molecule has 0 atom stereocenters. The quantitative estimate of drug-likeness (QED) is 0.584. The number of rotatable bonds is 6. The summed E-state index contributed by atoms with van der Waals surface area (Å²) in [5.41, 5.74) is 2.89. The molecule has 1 aromatic heterocycles. The van der Waals surface area contributed by atoms with E-state index in [-0.39, 0.29) is 12.4 Å². The fourth-order valence-electron chi connectivity index (χ4n) is 2.14. The van der Waals surface area contributed by atoms with Crippen LogP contribution in [0.2, 0.25) is 0 Å². The number of ketones is 1. The van der Waals surface area contributed by atoms with Crippen LogP contribution in [0.5, 0.6) is 5.75 Å². The van der Waals surface area contributed by atoms with E-state index in [1.165, 1.54) is 6.08 Å². The van der Waals surface area contributed by atoms with Crippen molar-refractivity contribution in [2.24, 2.45) is 7.05 Å². The van der Waals surface area contributed by atoms with Crippen LogP contribution in [0.25, 0.3) is 6.08 Å². The topological polar surface area (TPSA) is 55.0 Å². The number of nitriles is 1. The summed E-state index contributed by atoms with van der Waals surface area (Å²) in [5, 5.41) is 9.44. The van der Waals surface area contributed by atoms with Gasteiger partial charge in [-0.1, -0.05) is 18.2 Å². The van der Waals surface area contributed by atoms with Gasteiger partial charge in [0.15, 0.2) is 5.78 Å². The number of carbonyl (C=O) groups is 1. The maximum absolute atomic E-state index is 12.2. The van der Waals surface area contributed by atoms with Gasteiger partial charge in [0.2, 0.25) is 0 Å². The zero-order valence-corrected chi connectivity index (χ0v) is 14.3. The molecule has 1 aromatic carbocycles. The van der Waals surface area contributed by atoms with Crippen molar-refractivity contribution in [2.75, 3.05) is 6.61 Å². The zero-order valence-electron chi connectivity index (χ0n) is 13.5. The number of hydrogen-bond donors (Lipinski definition) is 0. The Morgan fingerprint density at radius 2 is 2.08 bits per heavy atom. The van der Waals surface area contributed by atoms with E-state index in [0.717, 1.165) is 11.3 Å². The summed E-state index contributed by atoms with van der Waals surface area (Å²) >= 11 is 5.64. The Hall–Kier alpha value is -2.77. The number of carbonyl (C=O) groups excluding carboxylic acids is 1. The highest BCUT2D eigenvalue weighted by atomic mass is 35.5. The minimum atomic E-state index is -0.120. The summed E-state index contributed by atoms with van der Waals surface area (Å²) in [4.78, 5) is 12.2. The normalized spacial score (nSPS) is 10.6. The lowest BCUT2D eigenvalue weighted by Crippen LogP contribution is -1.98. The molecule has 5 heteroatoms. The van der Waals surface area contributed by atoms with Gasteiger partial charge in [-0.3, -0.25) is 4.79 Å². The third-order valence-electron chi connectivity index (χ3n) is 3.64. The van der Waals surface area contributed by atoms with Crippen molar-refractivity contribution in [1.29, 1.82) is 5.26 Å². The molecular weight excluding hydrogens is 324 g/mol. The molecule has 0 unspecified atom stereocenters. The molecular formula is C19H17ClN2O2. The van der Waals surface area contributed by atoms with E-state index in [1.54, 1.807) is 41.0 Å². The highest BCUT2D eigenvalue weighted by Crippen LogP contribution is 2.17. The Labute approximate surface area is 146 Å². The van der Waals surface area contributed by atoms with Gasteiger partial charge in [0, 0.05) is 23.3 Å². The molecule has 0 saturated carbocycles. The van der Waals surface area contributed by atoms with Crippen LogP contribution >= 0.6 is 11.6 Å². The van der Waals surface area contributed by atoms with Crippen LogP contribution in [-0.2, 0) is 7.05 Å². The standard InChI is InChI=1S/C19H17ClN2O2/c1-13(20)12-24-18-7-4-15(5-8-18)19(23)9-6-16-10-17(11-21)22(3)14(16)2/h4-10H,1,12H2,2-3H3/b9-6+. The van der Waals surface area contributed by atoms with Crippen molar-refractivity contribution < 1.29 is 9.53 Å². The fraction of sp³-hybridized carbons (Fsp3) is 0.158. The van der Waals surface area contributed by atoms with E-state index >= 15 is 0 Å². The minimum Gasteiger partial charge on any atom is -0.488 e. The number of nitrogens with zero attached hydrogens (tertiary/aromatic N) is 2. The van der Waals surface area contributed by atoms with Gasteiger partial charge in [0.25, 0.3) is 0 Å². The van der Waals surface area contributed by atoms with Crippen LogP contribution < -0.4 is 4.74 Å². The summed E-state index contributed by atoms with van der Waals surface area (Å²) in [7, 11) is 1.82. The second-order valence-electron chi connectivity index (χ2n) is 5.27. The first-order valence-electron chi connectivity index (χ1n) is 7.27. The molecule has 0 bridgehead atoms. The van der Waals surface area contributed by atoms with E-state index in [4.69, 9.17) is 21.6 Å². The molecule has 1 heterocycles. The number of allylic oxidation sites excluding steroid dienone is 1. The van der Waals surface area contributed by atoms with Gasteiger partial charge in [-0.25, -0.2) is 0 Å². The molecule has 0 saturated heterocycles. The molecule has 4 nitrogen and oxygen atoms in total. The van der Waals surface area contributed by atoms with Crippen LogP contribution in [0.3, 0.4) is 0 Å². The Balaban J connectivity index is 2.09. The van der Waals surface area contributed by atoms with Gasteiger partial charge in [-0.05, 0) is 55.0 Å². The van der Waals surface area contributed by atoms with Crippen molar-refractivity contribution in [3.8, 4) is 11.8 Å². The van der Waals surface area contributed by atoms with Crippen LogP contribution in [0, 0.1) is 18.3 Å². The molecule has 24 heavy (non-hydrogen) atoms. The van der Waals surface area contributed by atoms with E-state index in [1.807, 2.05) is 14.0 Å². The molecule has 0 N–H and O–H groups in total. The van der Waals surface area contributed by atoms with Crippen LogP contribution in [0.1, 0.15) is 27.3 Å². The van der Waals surface area contributed by atoms with Crippen LogP contribution in [0.15, 0.2) is 48.0 Å². The average Bonchev–Trinajstić information content (AvgIpc) is 2.86. The van der Waals surface area contributed by atoms with Gasteiger partial charge >= 0.3 is 0 Å². The molecule has 0 aliphatic heterocycles. The lowest BCUT2D eigenvalue weighted by Gasteiger charge is -2.05. The molecule has 0 aliphatic rings. The first-order valence-corrected chi connectivity index (χ1v) is 7.65. The minimum absolute atomic E-state index is 0.120. The maximum Gasteiger partial charge on any atom is 0.185 e. The number of halogens is 1. The van der Waals surface area contributed by atoms with Gasteiger partial charge < -0.3 is 9.30 Å². The molecule has 2 aromatic rings. The van der Waals surface area contributed by atoms with Gasteiger partial charge in [-0.15, -0.1) is 0 Å². The predicted molar refractivity (Wildman–Crippen MR) is 95.2 cm³/mol. The Morgan fingerprint density at radius 3 is 2.62 bits per heavy atom. The third-order valence-corrected chi connectivity index (χ3v) is 3.75. The molecule has 0 spiro atoms. The SMILES string of the molecule is C=C(Cl)COc1ccc(C(=O)/C=C/c2cc(C#N)n(C)c2C)cc1. The number of hydrogen-bond acceptors (Lipinski definition) is 3. The van der Waals surface area contributed by atoms with Gasteiger partial charge in [0.05, 0.1) is 0 Å². The van der Waals surface area contributed by atoms with E-state index < -0.39 is 0 Å². The number of benzene rings is 1. The summed E-state index contributed by atoms with van der Waals surface area (Å²) in [5.74, 6) is 0.500. The first-order chi connectivity index (χ1) is 11.4. The summed E-state index contributed by atoms with van der Waals surface area (Å²) in [6.07, 6.45) is 3.22. The lowest BCUT2D eigenvalue weighted by molar-refractivity contribution is 0.104. The molecule has 0 fully saturated rings. The predicted octanol–water partition coefficient (Wildman–Crippen LogP) is 4.23. The monoisotopic (exact) mass is 340 g/mol. The highest BCUT2D eigenvalue weighted by molar-refractivity contribution is 6.29. The van der Waals surface area contributed by atoms with Crippen LogP contribution in [-0.4, -0.2) is 17.0 Å². The van der Waals surface area contributed by atoms with Crippen molar-refractivity contribution in [2.45, 2.75) is 6.92 Å². The molecule has 2 rings (SSSR count). The largest absolute Gasteiger partial charge is 0.488 e. The summed E-state index contributed by atoms with van der Waals surface area (Å²) in [6.45, 7) is 5.68. The maximum atomic E-state index is 12.2. The molecule has 0 amide bonds. The van der Waals surface area contributed by atoms with Crippen molar-refractivity contribution in [3.63, 3.8) is 0 Å². The second-order valence-corrected chi connectivity index (χ2v) is 5.80. The zero-order chi connectivity index (χ0) is 17.7. The second kappa shape index (κ2) is 7.67. The van der Waals surface area contributed by atoms with Crippen molar-refractivity contribution in [1.82, 2.24) is 4.57 Å². The molecule has 0 radical (unpaired) electrons. The van der Waals surface area contributed by atoms with Gasteiger partial charge in [0.1, 0.15) is 24.1 Å². The van der Waals surface area contributed by atoms with Crippen LogP contribution in [0.4, 0.5) is 0 Å². The molecule has 0 aliphatic carbocycles. The van der Waals surface area contributed by atoms with E-state index in [2.05, 4.69) is 12.6 Å². The van der Waals surface area contributed by atoms with Crippen molar-refractivity contribution >= 4 is 23.5 Å². The highest BCUT2D eigenvalue weighted by Gasteiger charge is 2.07.